The zero-order valence-corrected chi connectivity index (χ0v) is 18.6. The molecule has 0 saturated carbocycles. The third-order valence-corrected chi connectivity index (χ3v) is 5.22. The van der Waals surface area contributed by atoms with E-state index in [1.54, 1.807) is 20.8 Å². The van der Waals surface area contributed by atoms with Gasteiger partial charge < -0.3 is 9.47 Å². The fourth-order valence-corrected chi connectivity index (χ4v) is 3.76. The van der Waals surface area contributed by atoms with E-state index >= 15 is 0 Å². The van der Waals surface area contributed by atoms with Gasteiger partial charge in [-0.3, -0.25) is 4.79 Å². The molecule has 1 unspecified atom stereocenters. The number of carbonyl (C=O) groups is 2. The van der Waals surface area contributed by atoms with E-state index in [1.807, 2.05) is 48.5 Å². The lowest BCUT2D eigenvalue weighted by molar-refractivity contribution is -0.125. The van der Waals surface area contributed by atoms with E-state index in [9.17, 15) is 9.59 Å². The van der Waals surface area contributed by atoms with Gasteiger partial charge in [-0.15, -0.1) is 0 Å². The molecule has 32 heavy (non-hydrogen) atoms. The van der Waals surface area contributed by atoms with Crippen molar-refractivity contribution < 1.29 is 19.1 Å². The normalized spacial score (nSPS) is 16.2. The van der Waals surface area contributed by atoms with Gasteiger partial charge in [0.15, 0.2) is 0 Å². The highest BCUT2D eigenvalue weighted by atomic mass is 16.6. The molecule has 2 amide bonds. The van der Waals surface area contributed by atoms with Crippen molar-refractivity contribution in [2.24, 2.45) is 0 Å². The Balaban J connectivity index is 1.56. The summed E-state index contributed by atoms with van der Waals surface area (Å²) in [6.45, 7) is 5.64. The molecular formula is C27H27NO4. The minimum atomic E-state index is -0.705. The van der Waals surface area contributed by atoms with Crippen LogP contribution in [-0.4, -0.2) is 28.5 Å². The SMILES string of the molecule is CC(C)(C)OC(=O)N1C(=O)C=C(OCc2ccc3ccccc3c2)C1Cc1ccccc1. The Bertz CT molecular complexity index is 1160. The number of hydrogen-bond donors (Lipinski definition) is 0. The Labute approximate surface area is 188 Å². The summed E-state index contributed by atoms with van der Waals surface area (Å²) in [5, 5.41) is 2.28. The predicted octanol–water partition coefficient (Wildman–Crippen LogP) is 5.63. The summed E-state index contributed by atoms with van der Waals surface area (Å²) >= 11 is 0. The van der Waals surface area contributed by atoms with Gasteiger partial charge in [0.05, 0.1) is 0 Å². The highest BCUT2D eigenvalue weighted by molar-refractivity contribution is 6.02. The van der Waals surface area contributed by atoms with Crippen LogP contribution in [0.15, 0.2) is 84.6 Å². The lowest BCUT2D eigenvalue weighted by Crippen LogP contribution is -2.44. The summed E-state index contributed by atoms with van der Waals surface area (Å²) in [7, 11) is 0. The fourth-order valence-electron chi connectivity index (χ4n) is 3.76. The first-order valence-electron chi connectivity index (χ1n) is 10.7. The highest BCUT2D eigenvalue weighted by Crippen LogP contribution is 2.28. The van der Waals surface area contributed by atoms with Gasteiger partial charge in [0.2, 0.25) is 0 Å². The molecule has 0 fully saturated rings. The van der Waals surface area contributed by atoms with Crippen LogP contribution >= 0.6 is 0 Å². The third-order valence-electron chi connectivity index (χ3n) is 5.22. The van der Waals surface area contributed by atoms with Crippen LogP contribution in [0.5, 0.6) is 0 Å². The molecule has 0 aromatic heterocycles. The lowest BCUT2D eigenvalue weighted by Gasteiger charge is -2.28. The first kappa shape index (κ1) is 21.6. The van der Waals surface area contributed by atoms with Crippen molar-refractivity contribution in [1.82, 2.24) is 4.90 Å². The Morgan fingerprint density at radius 1 is 0.906 bits per heavy atom. The number of hydrogen-bond acceptors (Lipinski definition) is 4. The molecule has 5 heteroatoms. The summed E-state index contributed by atoms with van der Waals surface area (Å²) in [6, 6.07) is 23.4. The van der Waals surface area contributed by atoms with Crippen molar-refractivity contribution >= 4 is 22.8 Å². The maximum Gasteiger partial charge on any atom is 0.418 e. The standard InChI is InChI=1S/C27H27NO4/c1-27(2,3)32-26(30)28-23(16-19-9-5-4-6-10-19)24(17-25(28)29)31-18-20-13-14-21-11-7-8-12-22(21)15-20/h4-15,17,23H,16,18H2,1-3H3. The number of ether oxygens (including phenoxy) is 2. The molecule has 0 N–H and O–H groups in total. The van der Waals surface area contributed by atoms with Gasteiger partial charge in [-0.05, 0) is 48.7 Å². The Morgan fingerprint density at radius 2 is 1.59 bits per heavy atom. The average molecular weight is 430 g/mol. The van der Waals surface area contributed by atoms with Crippen molar-refractivity contribution in [2.75, 3.05) is 0 Å². The van der Waals surface area contributed by atoms with Crippen molar-refractivity contribution in [1.29, 1.82) is 0 Å². The summed E-state index contributed by atoms with van der Waals surface area (Å²) in [6.07, 6.45) is 1.19. The number of rotatable bonds is 5. The first-order chi connectivity index (χ1) is 15.3. The number of imide groups is 1. The topological polar surface area (TPSA) is 55.8 Å². The number of benzene rings is 3. The molecule has 164 valence electrons. The van der Waals surface area contributed by atoms with Gasteiger partial charge in [-0.25, -0.2) is 9.69 Å². The highest BCUT2D eigenvalue weighted by Gasteiger charge is 2.41. The number of amides is 2. The van der Waals surface area contributed by atoms with E-state index in [1.165, 1.54) is 6.08 Å². The van der Waals surface area contributed by atoms with Crippen LogP contribution in [0.3, 0.4) is 0 Å². The molecule has 1 atom stereocenters. The molecule has 0 saturated heterocycles. The van der Waals surface area contributed by atoms with E-state index in [0.29, 0.717) is 18.8 Å². The van der Waals surface area contributed by atoms with E-state index < -0.39 is 23.6 Å². The zero-order chi connectivity index (χ0) is 22.7. The molecule has 0 spiro atoms. The Kier molecular flexibility index (Phi) is 5.99. The second-order valence-corrected chi connectivity index (χ2v) is 8.91. The monoisotopic (exact) mass is 429 g/mol. The molecule has 0 aliphatic carbocycles. The molecule has 1 aliphatic heterocycles. The van der Waals surface area contributed by atoms with Gasteiger partial charge >= 0.3 is 6.09 Å². The second kappa shape index (κ2) is 8.87. The minimum Gasteiger partial charge on any atom is -0.491 e. The van der Waals surface area contributed by atoms with E-state index in [4.69, 9.17) is 9.47 Å². The van der Waals surface area contributed by atoms with E-state index in [2.05, 4.69) is 24.3 Å². The average Bonchev–Trinajstić information content (AvgIpc) is 3.06. The first-order valence-corrected chi connectivity index (χ1v) is 10.7. The van der Waals surface area contributed by atoms with E-state index in [-0.39, 0.29) is 0 Å². The maximum absolute atomic E-state index is 12.8. The Morgan fingerprint density at radius 3 is 2.31 bits per heavy atom. The van der Waals surface area contributed by atoms with Crippen LogP contribution in [0.4, 0.5) is 4.79 Å². The van der Waals surface area contributed by atoms with Crippen LogP contribution in [0, 0.1) is 0 Å². The van der Waals surface area contributed by atoms with Crippen molar-refractivity contribution in [3.8, 4) is 0 Å². The molecule has 5 nitrogen and oxygen atoms in total. The Hall–Kier alpha value is -3.60. The van der Waals surface area contributed by atoms with Crippen LogP contribution in [-0.2, 0) is 27.3 Å². The quantitative estimate of drug-likeness (QED) is 0.528. The molecule has 1 aliphatic rings. The van der Waals surface area contributed by atoms with Crippen molar-refractivity contribution in [2.45, 2.75) is 45.4 Å². The fraction of sp³-hybridized carbons (Fsp3) is 0.259. The summed E-state index contributed by atoms with van der Waals surface area (Å²) in [5.41, 5.74) is 1.29. The van der Waals surface area contributed by atoms with Gasteiger partial charge in [0.1, 0.15) is 24.0 Å². The summed E-state index contributed by atoms with van der Waals surface area (Å²) in [5.74, 6) is 0.0477. The third kappa shape index (κ3) is 4.99. The maximum atomic E-state index is 12.8. The zero-order valence-electron chi connectivity index (χ0n) is 18.6. The number of nitrogens with zero attached hydrogens (tertiary/aromatic N) is 1. The number of carbonyl (C=O) groups excluding carboxylic acids is 2. The van der Waals surface area contributed by atoms with Gasteiger partial charge in [-0.2, -0.15) is 0 Å². The van der Waals surface area contributed by atoms with Crippen molar-refractivity contribution in [3.05, 3.63) is 95.8 Å². The lowest BCUT2D eigenvalue weighted by atomic mass is 10.0. The van der Waals surface area contributed by atoms with Crippen molar-refractivity contribution in [3.63, 3.8) is 0 Å². The molecule has 0 bridgehead atoms. The molecule has 3 aromatic carbocycles. The molecule has 3 aromatic rings. The molecular weight excluding hydrogens is 402 g/mol. The number of fused-ring (bicyclic) bond motifs is 1. The predicted molar refractivity (Wildman–Crippen MR) is 124 cm³/mol. The van der Waals surface area contributed by atoms with Gasteiger partial charge in [0, 0.05) is 12.5 Å². The largest absolute Gasteiger partial charge is 0.491 e. The summed E-state index contributed by atoms with van der Waals surface area (Å²) in [4.78, 5) is 26.8. The van der Waals surface area contributed by atoms with Crippen LogP contribution < -0.4 is 0 Å². The van der Waals surface area contributed by atoms with Crippen LogP contribution in [0.25, 0.3) is 10.8 Å². The van der Waals surface area contributed by atoms with E-state index in [0.717, 1.165) is 26.8 Å². The smallest absolute Gasteiger partial charge is 0.418 e. The van der Waals surface area contributed by atoms with Crippen LogP contribution in [0.1, 0.15) is 31.9 Å². The molecule has 4 rings (SSSR count). The molecule has 0 radical (unpaired) electrons. The van der Waals surface area contributed by atoms with Gasteiger partial charge in [-0.1, -0.05) is 66.7 Å². The molecule has 1 heterocycles. The van der Waals surface area contributed by atoms with Crippen LogP contribution in [0.2, 0.25) is 0 Å². The second-order valence-electron chi connectivity index (χ2n) is 8.91. The summed E-state index contributed by atoms with van der Waals surface area (Å²) < 4.78 is 11.6. The minimum absolute atomic E-state index is 0.303. The van der Waals surface area contributed by atoms with Gasteiger partial charge in [0.25, 0.3) is 5.91 Å².